The van der Waals surface area contributed by atoms with Crippen molar-refractivity contribution in [2.75, 3.05) is 0 Å². The monoisotopic (exact) mass is 242 g/mol. The van der Waals surface area contributed by atoms with E-state index in [-0.39, 0.29) is 10.8 Å². The number of rotatable bonds is 5. The summed E-state index contributed by atoms with van der Waals surface area (Å²) in [5.41, 5.74) is 0.685. The molecule has 0 saturated heterocycles. The summed E-state index contributed by atoms with van der Waals surface area (Å²) in [7, 11) is 0. The molecule has 0 saturated carbocycles. The third-order valence-electron chi connectivity index (χ3n) is 2.26. The molecule has 2 unspecified atom stereocenters. The van der Waals surface area contributed by atoms with Crippen LogP contribution in [0.25, 0.3) is 0 Å². The molecule has 0 amide bonds. The zero-order valence-corrected chi connectivity index (χ0v) is 10.7. The van der Waals surface area contributed by atoms with Crippen molar-refractivity contribution in [1.82, 2.24) is 9.97 Å². The third-order valence-corrected chi connectivity index (χ3v) is 3.44. The Morgan fingerprint density at radius 3 is 2.81 bits per heavy atom. The summed E-state index contributed by atoms with van der Waals surface area (Å²) in [6.45, 7) is 5.68. The van der Waals surface area contributed by atoms with Gasteiger partial charge >= 0.3 is 0 Å². The van der Waals surface area contributed by atoms with E-state index in [2.05, 4.69) is 9.97 Å². The molecular formula is C11H18N2O2S. The summed E-state index contributed by atoms with van der Waals surface area (Å²) >= 11 is 1.39. The van der Waals surface area contributed by atoms with Crippen molar-refractivity contribution in [3.05, 3.63) is 22.1 Å². The van der Waals surface area contributed by atoms with Crippen LogP contribution in [0.5, 0.6) is 0 Å². The molecule has 0 aliphatic carbocycles. The van der Waals surface area contributed by atoms with Crippen molar-refractivity contribution in [2.24, 2.45) is 0 Å². The van der Waals surface area contributed by atoms with E-state index in [1.54, 1.807) is 6.92 Å². The highest BCUT2D eigenvalue weighted by Crippen LogP contribution is 2.20. The summed E-state index contributed by atoms with van der Waals surface area (Å²) < 4.78 is 0. The maximum absolute atomic E-state index is 11.4. The van der Waals surface area contributed by atoms with Gasteiger partial charge in [-0.05, 0) is 13.3 Å². The van der Waals surface area contributed by atoms with E-state index < -0.39 is 6.10 Å². The molecule has 5 heteroatoms. The number of hydrogen-bond acceptors (Lipinski definition) is 4. The first-order chi connectivity index (χ1) is 7.52. The number of aryl methyl sites for hydroxylation is 1. The van der Waals surface area contributed by atoms with Crippen LogP contribution >= 0.6 is 11.8 Å². The van der Waals surface area contributed by atoms with Crippen molar-refractivity contribution in [3.8, 4) is 0 Å². The SMILES string of the molecule is CCCc1cc(=O)[nH]c(SC(C)C(C)O)n1. The van der Waals surface area contributed by atoms with Crippen LogP contribution in [0, 0.1) is 0 Å². The van der Waals surface area contributed by atoms with Gasteiger partial charge in [0.15, 0.2) is 5.16 Å². The van der Waals surface area contributed by atoms with Gasteiger partial charge in [0.05, 0.1) is 6.10 Å². The van der Waals surface area contributed by atoms with Gasteiger partial charge in [0.2, 0.25) is 0 Å². The van der Waals surface area contributed by atoms with Crippen LogP contribution in [-0.2, 0) is 6.42 Å². The lowest BCUT2D eigenvalue weighted by Gasteiger charge is -2.13. The predicted octanol–water partition coefficient (Wildman–Crippen LogP) is 1.58. The fourth-order valence-corrected chi connectivity index (χ4v) is 2.08. The van der Waals surface area contributed by atoms with Crippen molar-refractivity contribution >= 4 is 11.8 Å². The lowest BCUT2D eigenvalue weighted by molar-refractivity contribution is 0.196. The van der Waals surface area contributed by atoms with E-state index >= 15 is 0 Å². The van der Waals surface area contributed by atoms with E-state index in [4.69, 9.17) is 0 Å². The minimum atomic E-state index is -0.426. The topological polar surface area (TPSA) is 66.0 Å². The number of aliphatic hydroxyl groups is 1. The first-order valence-electron chi connectivity index (χ1n) is 5.48. The molecule has 2 N–H and O–H groups in total. The van der Waals surface area contributed by atoms with E-state index in [0.29, 0.717) is 5.16 Å². The molecule has 0 aromatic carbocycles. The van der Waals surface area contributed by atoms with Gasteiger partial charge in [0, 0.05) is 17.0 Å². The molecular weight excluding hydrogens is 224 g/mol. The molecule has 0 aliphatic heterocycles. The largest absolute Gasteiger partial charge is 0.392 e. The van der Waals surface area contributed by atoms with Crippen LogP contribution < -0.4 is 5.56 Å². The van der Waals surface area contributed by atoms with Crippen molar-refractivity contribution in [2.45, 2.75) is 50.1 Å². The van der Waals surface area contributed by atoms with E-state index in [0.717, 1.165) is 18.5 Å². The minimum absolute atomic E-state index is 0.0139. The summed E-state index contributed by atoms with van der Waals surface area (Å²) in [5.74, 6) is 0. The quantitative estimate of drug-likeness (QED) is 0.608. The number of aromatic nitrogens is 2. The third kappa shape index (κ3) is 3.98. The zero-order chi connectivity index (χ0) is 12.1. The fourth-order valence-electron chi connectivity index (χ4n) is 1.20. The number of thioether (sulfide) groups is 1. The highest BCUT2D eigenvalue weighted by atomic mass is 32.2. The summed E-state index contributed by atoms with van der Waals surface area (Å²) in [5, 5.41) is 9.98. The lowest BCUT2D eigenvalue weighted by atomic mass is 10.2. The second-order valence-electron chi connectivity index (χ2n) is 3.86. The van der Waals surface area contributed by atoms with Crippen LogP contribution in [0.4, 0.5) is 0 Å². The molecule has 1 heterocycles. The van der Waals surface area contributed by atoms with Gasteiger partial charge in [0.25, 0.3) is 5.56 Å². The zero-order valence-electron chi connectivity index (χ0n) is 9.86. The van der Waals surface area contributed by atoms with Crippen LogP contribution in [0.1, 0.15) is 32.9 Å². The van der Waals surface area contributed by atoms with E-state index in [1.165, 1.54) is 17.8 Å². The van der Waals surface area contributed by atoms with Gasteiger partial charge < -0.3 is 10.1 Å². The minimum Gasteiger partial charge on any atom is -0.392 e. The maximum Gasteiger partial charge on any atom is 0.251 e. The average molecular weight is 242 g/mol. The molecule has 1 rings (SSSR count). The summed E-state index contributed by atoms with van der Waals surface area (Å²) in [6.07, 6.45) is 1.35. The van der Waals surface area contributed by atoms with Crippen LogP contribution in [-0.4, -0.2) is 26.4 Å². The number of aliphatic hydroxyl groups excluding tert-OH is 1. The Morgan fingerprint density at radius 1 is 1.56 bits per heavy atom. The predicted molar refractivity (Wildman–Crippen MR) is 65.9 cm³/mol. The number of nitrogens with one attached hydrogen (secondary N) is 1. The first kappa shape index (κ1) is 13.3. The number of hydrogen-bond donors (Lipinski definition) is 2. The van der Waals surface area contributed by atoms with Crippen LogP contribution in [0.2, 0.25) is 0 Å². The molecule has 2 atom stereocenters. The summed E-state index contributed by atoms with van der Waals surface area (Å²) in [4.78, 5) is 18.4. The second kappa shape index (κ2) is 6.06. The number of nitrogens with zero attached hydrogens (tertiary/aromatic N) is 1. The van der Waals surface area contributed by atoms with Gasteiger partial charge in [-0.15, -0.1) is 0 Å². The fraction of sp³-hybridized carbons (Fsp3) is 0.636. The number of H-pyrrole nitrogens is 1. The van der Waals surface area contributed by atoms with Crippen molar-refractivity contribution in [1.29, 1.82) is 0 Å². The smallest absolute Gasteiger partial charge is 0.251 e. The van der Waals surface area contributed by atoms with Gasteiger partial charge in [-0.1, -0.05) is 32.0 Å². The Labute approximate surface area is 99.5 Å². The molecule has 0 aliphatic rings. The Kier molecular flexibility index (Phi) is 5.02. The lowest BCUT2D eigenvalue weighted by Crippen LogP contribution is -2.17. The Hall–Kier alpha value is -0.810. The van der Waals surface area contributed by atoms with Gasteiger partial charge in [-0.3, -0.25) is 4.79 Å². The van der Waals surface area contributed by atoms with Crippen LogP contribution in [0.15, 0.2) is 16.0 Å². The molecule has 4 nitrogen and oxygen atoms in total. The Morgan fingerprint density at radius 2 is 2.25 bits per heavy atom. The van der Waals surface area contributed by atoms with Crippen LogP contribution in [0.3, 0.4) is 0 Å². The standard InChI is InChI=1S/C11H18N2O2S/c1-4-5-9-6-10(15)13-11(12-9)16-8(3)7(2)14/h6-8,14H,4-5H2,1-3H3,(H,12,13,15). The van der Waals surface area contributed by atoms with Crippen molar-refractivity contribution in [3.63, 3.8) is 0 Å². The van der Waals surface area contributed by atoms with Crippen molar-refractivity contribution < 1.29 is 5.11 Å². The summed E-state index contributed by atoms with van der Waals surface area (Å²) in [6, 6.07) is 1.53. The molecule has 1 aromatic heterocycles. The molecule has 0 fully saturated rings. The highest BCUT2D eigenvalue weighted by Gasteiger charge is 2.12. The van der Waals surface area contributed by atoms with Gasteiger partial charge in [-0.25, -0.2) is 4.98 Å². The highest BCUT2D eigenvalue weighted by molar-refractivity contribution is 7.99. The molecule has 90 valence electrons. The molecule has 16 heavy (non-hydrogen) atoms. The molecule has 0 bridgehead atoms. The Bertz CT molecular complexity index is 390. The second-order valence-corrected chi connectivity index (χ2v) is 5.22. The normalized spacial score (nSPS) is 14.8. The van der Waals surface area contributed by atoms with Gasteiger partial charge in [0.1, 0.15) is 0 Å². The van der Waals surface area contributed by atoms with Gasteiger partial charge in [-0.2, -0.15) is 0 Å². The molecule has 0 radical (unpaired) electrons. The molecule has 1 aromatic rings. The van der Waals surface area contributed by atoms with E-state index in [9.17, 15) is 9.90 Å². The first-order valence-corrected chi connectivity index (χ1v) is 6.36. The molecule has 0 spiro atoms. The maximum atomic E-state index is 11.4. The Balaban J connectivity index is 2.84. The average Bonchev–Trinajstić information content (AvgIpc) is 2.16. The number of aromatic amines is 1. The van der Waals surface area contributed by atoms with E-state index in [1.807, 2.05) is 13.8 Å².